The van der Waals surface area contributed by atoms with Crippen LogP contribution in [0.1, 0.15) is 10.4 Å². The van der Waals surface area contributed by atoms with Crippen LogP contribution in [0.4, 0.5) is 0 Å². The number of hydrogen-bond acceptors (Lipinski definition) is 4. The third-order valence-corrected chi connectivity index (χ3v) is 5.60. The summed E-state index contributed by atoms with van der Waals surface area (Å²) < 4.78 is 1.90. The second-order valence-electron chi connectivity index (χ2n) is 4.58. The van der Waals surface area contributed by atoms with E-state index < -0.39 is 0 Å². The van der Waals surface area contributed by atoms with Gasteiger partial charge in [-0.25, -0.2) is 4.98 Å². The molecule has 0 radical (unpaired) electrons. The van der Waals surface area contributed by atoms with E-state index in [9.17, 15) is 4.79 Å². The Morgan fingerprint density at radius 2 is 1.82 bits per heavy atom. The first-order valence-electron chi connectivity index (χ1n) is 6.65. The van der Waals surface area contributed by atoms with Crippen molar-refractivity contribution in [2.75, 3.05) is 5.75 Å². The van der Waals surface area contributed by atoms with Gasteiger partial charge in [0.05, 0.1) is 11.4 Å². The van der Waals surface area contributed by atoms with Crippen molar-refractivity contribution in [1.29, 1.82) is 0 Å². The Labute approximate surface area is 145 Å². The first-order valence-corrected chi connectivity index (χ1v) is 9.31. The highest BCUT2D eigenvalue weighted by molar-refractivity contribution is 9.10. The van der Waals surface area contributed by atoms with Gasteiger partial charge in [-0.3, -0.25) is 4.79 Å². The molecule has 3 aromatic rings. The summed E-state index contributed by atoms with van der Waals surface area (Å²) in [6.45, 7) is 0. The summed E-state index contributed by atoms with van der Waals surface area (Å²) in [6.07, 6.45) is 0. The van der Waals surface area contributed by atoms with Crippen LogP contribution in [0.25, 0.3) is 11.3 Å². The summed E-state index contributed by atoms with van der Waals surface area (Å²) in [5, 5.41) is 2.03. The maximum absolute atomic E-state index is 12.1. The SMILES string of the molecule is O=C(CSc1nc(-c2ccccc2)cs1)c1ccc(Br)cc1. The van der Waals surface area contributed by atoms with Gasteiger partial charge in [0.2, 0.25) is 0 Å². The largest absolute Gasteiger partial charge is 0.293 e. The molecule has 0 aliphatic carbocycles. The monoisotopic (exact) mass is 389 g/mol. The number of nitrogens with zero attached hydrogens (tertiary/aromatic N) is 1. The van der Waals surface area contributed by atoms with Gasteiger partial charge in [0.15, 0.2) is 10.1 Å². The van der Waals surface area contributed by atoms with Gasteiger partial charge < -0.3 is 0 Å². The van der Waals surface area contributed by atoms with Gasteiger partial charge >= 0.3 is 0 Å². The fourth-order valence-corrected chi connectivity index (χ4v) is 3.91. The molecule has 5 heteroatoms. The number of Topliss-reactive ketones (excluding diaryl/α,β-unsaturated/α-hetero) is 1. The lowest BCUT2D eigenvalue weighted by Crippen LogP contribution is -2.01. The second-order valence-corrected chi connectivity index (χ2v) is 7.58. The van der Waals surface area contributed by atoms with Gasteiger partial charge in [0.25, 0.3) is 0 Å². The summed E-state index contributed by atoms with van der Waals surface area (Å²) in [5.74, 6) is 0.526. The molecule has 0 amide bonds. The van der Waals surface area contributed by atoms with Gasteiger partial charge in [-0.2, -0.15) is 0 Å². The lowest BCUT2D eigenvalue weighted by atomic mass is 10.2. The molecule has 1 aromatic heterocycles. The molecule has 0 aliphatic heterocycles. The quantitative estimate of drug-likeness (QED) is 0.423. The van der Waals surface area contributed by atoms with E-state index in [1.165, 1.54) is 11.8 Å². The number of aromatic nitrogens is 1. The van der Waals surface area contributed by atoms with Crippen LogP contribution < -0.4 is 0 Å². The minimum Gasteiger partial charge on any atom is -0.293 e. The van der Waals surface area contributed by atoms with Crippen molar-refractivity contribution in [3.63, 3.8) is 0 Å². The number of hydrogen-bond donors (Lipinski definition) is 0. The second kappa shape index (κ2) is 7.22. The van der Waals surface area contributed by atoms with E-state index in [2.05, 4.69) is 20.9 Å². The van der Waals surface area contributed by atoms with Crippen molar-refractivity contribution in [2.24, 2.45) is 0 Å². The van der Waals surface area contributed by atoms with Crippen molar-refractivity contribution < 1.29 is 4.79 Å². The van der Waals surface area contributed by atoms with Gasteiger partial charge in [-0.15, -0.1) is 11.3 Å². The molecular weight excluding hydrogens is 378 g/mol. The third kappa shape index (κ3) is 3.85. The number of halogens is 1. The first kappa shape index (κ1) is 15.5. The molecule has 0 N–H and O–H groups in total. The number of rotatable bonds is 5. The van der Waals surface area contributed by atoms with E-state index in [0.29, 0.717) is 5.75 Å². The average molecular weight is 390 g/mol. The third-order valence-electron chi connectivity index (χ3n) is 3.05. The minimum atomic E-state index is 0.119. The molecule has 2 aromatic carbocycles. The maximum Gasteiger partial charge on any atom is 0.173 e. The molecule has 0 fully saturated rings. The molecule has 1 heterocycles. The van der Waals surface area contributed by atoms with E-state index in [0.717, 1.165) is 25.6 Å². The Kier molecular flexibility index (Phi) is 5.08. The van der Waals surface area contributed by atoms with Crippen molar-refractivity contribution in [3.8, 4) is 11.3 Å². The molecule has 0 bridgehead atoms. The van der Waals surface area contributed by atoms with E-state index in [1.807, 2.05) is 60.0 Å². The Morgan fingerprint density at radius 1 is 1.09 bits per heavy atom. The fourth-order valence-electron chi connectivity index (χ4n) is 1.91. The number of ketones is 1. The minimum absolute atomic E-state index is 0.119. The van der Waals surface area contributed by atoms with Gasteiger partial charge in [0.1, 0.15) is 0 Å². The highest BCUT2D eigenvalue weighted by Crippen LogP contribution is 2.28. The summed E-state index contributed by atoms with van der Waals surface area (Å²) >= 11 is 6.44. The Hall–Kier alpha value is -1.43. The number of carbonyl (C=O) groups excluding carboxylic acids is 1. The zero-order valence-electron chi connectivity index (χ0n) is 11.5. The predicted molar refractivity (Wildman–Crippen MR) is 96.7 cm³/mol. The number of carbonyl (C=O) groups is 1. The zero-order chi connectivity index (χ0) is 15.4. The van der Waals surface area contributed by atoms with Crippen molar-refractivity contribution in [2.45, 2.75) is 4.34 Å². The van der Waals surface area contributed by atoms with Crippen LogP contribution >= 0.6 is 39.0 Å². The topological polar surface area (TPSA) is 30.0 Å². The molecule has 0 atom stereocenters. The molecule has 22 heavy (non-hydrogen) atoms. The smallest absolute Gasteiger partial charge is 0.173 e. The standard InChI is InChI=1S/C17H12BrNOS2/c18-14-8-6-13(7-9-14)16(20)11-22-17-19-15(10-21-17)12-4-2-1-3-5-12/h1-10H,11H2. The Balaban J connectivity index is 1.64. The van der Waals surface area contributed by atoms with E-state index >= 15 is 0 Å². The predicted octanol–water partition coefficient (Wildman–Crippen LogP) is 5.55. The van der Waals surface area contributed by atoms with Gasteiger partial charge in [-0.1, -0.05) is 70.2 Å². The van der Waals surface area contributed by atoms with E-state index in [4.69, 9.17) is 0 Å². The van der Waals surface area contributed by atoms with Crippen molar-refractivity contribution in [3.05, 3.63) is 70.0 Å². The molecule has 0 aliphatic rings. The lowest BCUT2D eigenvalue weighted by Gasteiger charge is -1.99. The zero-order valence-corrected chi connectivity index (χ0v) is 14.7. The van der Waals surface area contributed by atoms with Crippen LogP contribution in [-0.2, 0) is 0 Å². The number of thioether (sulfide) groups is 1. The molecule has 0 unspecified atom stereocenters. The van der Waals surface area contributed by atoms with E-state index in [1.54, 1.807) is 11.3 Å². The molecule has 3 rings (SSSR count). The normalized spacial score (nSPS) is 10.6. The maximum atomic E-state index is 12.1. The molecule has 0 spiro atoms. The summed E-state index contributed by atoms with van der Waals surface area (Å²) in [4.78, 5) is 16.7. The van der Waals surface area contributed by atoms with Gasteiger partial charge in [0, 0.05) is 21.0 Å². The summed E-state index contributed by atoms with van der Waals surface area (Å²) in [6, 6.07) is 17.5. The van der Waals surface area contributed by atoms with Crippen molar-refractivity contribution >= 4 is 44.8 Å². The molecule has 110 valence electrons. The molecule has 0 saturated heterocycles. The van der Waals surface area contributed by atoms with Crippen LogP contribution in [0.2, 0.25) is 0 Å². The van der Waals surface area contributed by atoms with Crippen LogP contribution in [0, 0.1) is 0 Å². The number of thiazole rings is 1. The van der Waals surface area contributed by atoms with Crippen LogP contribution in [-0.4, -0.2) is 16.5 Å². The molecule has 2 nitrogen and oxygen atoms in total. The summed E-state index contributed by atoms with van der Waals surface area (Å²) in [5.41, 5.74) is 2.80. The van der Waals surface area contributed by atoms with E-state index in [-0.39, 0.29) is 5.78 Å². The molecular formula is C17H12BrNOS2. The fraction of sp³-hybridized carbons (Fsp3) is 0.0588. The van der Waals surface area contributed by atoms with Crippen LogP contribution in [0.15, 0.2) is 68.8 Å². The average Bonchev–Trinajstić information content (AvgIpc) is 3.03. The van der Waals surface area contributed by atoms with Gasteiger partial charge in [-0.05, 0) is 12.1 Å². The lowest BCUT2D eigenvalue weighted by molar-refractivity contribution is 0.102. The Morgan fingerprint density at radius 3 is 2.55 bits per heavy atom. The first-order chi connectivity index (χ1) is 10.7. The van der Waals surface area contributed by atoms with Crippen LogP contribution in [0.5, 0.6) is 0 Å². The van der Waals surface area contributed by atoms with Crippen molar-refractivity contribution in [1.82, 2.24) is 4.98 Å². The highest BCUT2D eigenvalue weighted by Gasteiger charge is 2.09. The highest BCUT2D eigenvalue weighted by atomic mass is 79.9. The van der Waals surface area contributed by atoms with Crippen LogP contribution in [0.3, 0.4) is 0 Å². The summed E-state index contributed by atoms with van der Waals surface area (Å²) in [7, 11) is 0. The Bertz CT molecular complexity index is 769. The number of benzene rings is 2. The molecule has 0 saturated carbocycles.